The highest BCUT2D eigenvalue weighted by Gasteiger charge is 2.21. The van der Waals surface area contributed by atoms with Gasteiger partial charge in [-0.25, -0.2) is 4.39 Å². The molecule has 1 N–H and O–H groups in total. The van der Waals surface area contributed by atoms with Crippen molar-refractivity contribution in [2.45, 2.75) is 25.4 Å². The van der Waals surface area contributed by atoms with Crippen molar-refractivity contribution in [2.24, 2.45) is 0 Å². The molecule has 1 saturated heterocycles. The van der Waals surface area contributed by atoms with E-state index in [1.165, 1.54) is 27.7 Å². The van der Waals surface area contributed by atoms with Crippen molar-refractivity contribution in [1.29, 1.82) is 0 Å². The van der Waals surface area contributed by atoms with Gasteiger partial charge in [-0.05, 0) is 60.1 Å². The highest BCUT2D eigenvalue weighted by Crippen LogP contribution is 2.25. The van der Waals surface area contributed by atoms with Crippen LogP contribution in [0.15, 0.2) is 34.3 Å². The minimum absolute atomic E-state index is 0.265. The van der Waals surface area contributed by atoms with E-state index >= 15 is 0 Å². The maximum absolute atomic E-state index is 13.6. The lowest BCUT2D eigenvalue weighted by atomic mass is 10.0. The van der Waals surface area contributed by atoms with Gasteiger partial charge >= 0.3 is 0 Å². The average Bonchev–Trinajstić information content (AvgIpc) is 3.11. The number of nitrogens with zero attached hydrogens (tertiary/aromatic N) is 3. The van der Waals surface area contributed by atoms with Crippen LogP contribution in [0.3, 0.4) is 0 Å². The van der Waals surface area contributed by atoms with E-state index in [9.17, 15) is 4.39 Å². The molecular weight excluding hydrogens is 427 g/mol. The number of aromatic nitrogens is 1. The maximum atomic E-state index is 13.6. The highest BCUT2D eigenvalue weighted by atomic mass is 79.9. The van der Waals surface area contributed by atoms with Crippen molar-refractivity contribution in [2.75, 3.05) is 37.6 Å². The molecule has 27 heavy (non-hydrogen) atoms. The van der Waals surface area contributed by atoms with E-state index in [0.29, 0.717) is 6.04 Å². The second-order valence-electron chi connectivity index (χ2n) is 7.11. The van der Waals surface area contributed by atoms with Gasteiger partial charge in [-0.1, -0.05) is 6.08 Å². The zero-order chi connectivity index (χ0) is 18.6. The third-order valence-corrected chi connectivity index (χ3v) is 6.90. The molecular formula is C20H24BrFN4S. The summed E-state index contributed by atoms with van der Waals surface area (Å²) in [7, 11) is 0. The maximum Gasteiger partial charge on any atom is 0.143 e. The Hall–Kier alpha value is -1.28. The number of nitrogens with one attached hydrogen (secondary N) is 1. The number of rotatable bonds is 6. The van der Waals surface area contributed by atoms with Crippen LogP contribution in [0.25, 0.3) is 6.08 Å². The van der Waals surface area contributed by atoms with Gasteiger partial charge in [0, 0.05) is 43.2 Å². The van der Waals surface area contributed by atoms with Crippen molar-refractivity contribution in [3.8, 4) is 0 Å². The molecule has 2 aromatic rings. The molecule has 4 nitrogen and oxygen atoms in total. The van der Waals surface area contributed by atoms with Gasteiger partial charge in [0.15, 0.2) is 0 Å². The first kappa shape index (κ1) is 19.1. The lowest BCUT2D eigenvalue weighted by Gasteiger charge is -2.35. The van der Waals surface area contributed by atoms with Gasteiger partial charge in [-0.3, -0.25) is 4.98 Å². The lowest BCUT2D eigenvalue weighted by molar-refractivity contribution is 0.201. The Bertz CT molecular complexity index is 801. The van der Waals surface area contributed by atoms with E-state index in [0.717, 1.165) is 50.6 Å². The molecule has 0 radical (unpaired) electrons. The van der Waals surface area contributed by atoms with Crippen molar-refractivity contribution in [3.63, 3.8) is 0 Å². The predicted molar refractivity (Wildman–Crippen MR) is 114 cm³/mol. The minimum atomic E-state index is -0.265. The van der Waals surface area contributed by atoms with Gasteiger partial charge in [0.1, 0.15) is 5.82 Å². The summed E-state index contributed by atoms with van der Waals surface area (Å²) in [5.74, 6) is -0.265. The van der Waals surface area contributed by atoms with E-state index in [2.05, 4.69) is 54.2 Å². The van der Waals surface area contributed by atoms with Gasteiger partial charge in [0.25, 0.3) is 0 Å². The Morgan fingerprint density at radius 2 is 2.11 bits per heavy atom. The topological polar surface area (TPSA) is 31.4 Å². The third kappa shape index (κ3) is 4.96. The first-order chi connectivity index (χ1) is 13.2. The summed E-state index contributed by atoms with van der Waals surface area (Å²) in [5.41, 5.74) is 1.78. The summed E-state index contributed by atoms with van der Waals surface area (Å²) in [5, 5.41) is 3.69. The van der Waals surface area contributed by atoms with Gasteiger partial charge in [0.2, 0.25) is 0 Å². The van der Waals surface area contributed by atoms with Crippen LogP contribution >= 0.6 is 27.3 Å². The Morgan fingerprint density at radius 3 is 2.89 bits per heavy atom. The van der Waals surface area contributed by atoms with Crippen LogP contribution in [0.2, 0.25) is 0 Å². The number of thiophene rings is 1. The van der Waals surface area contributed by atoms with Crippen LogP contribution in [0.1, 0.15) is 23.4 Å². The lowest BCUT2D eigenvalue weighted by Crippen LogP contribution is -2.45. The number of hydrogen-bond donors (Lipinski definition) is 1. The fourth-order valence-electron chi connectivity index (χ4n) is 3.74. The summed E-state index contributed by atoms with van der Waals surface area (Å²) in [6, 6.07) is 6.49. The Morgan fingerprint density at radius 1 is 1.26 bits per heavy atom. The summed E-state index contributed by atoms with van der Waals surface area (Å²) in [4.78, 5) is 10.3. The molecule has 144 valence electrons. The second kappa shape index (κ2) is 8.82. The quantitative estimate of drug-likeness (QED) is 0.716. The van der Waals surface area contributed by atoms with Gasteiger partial charge < -0.3 is 15.1 Å². The molecule has 0 unspecified atom stereocenters. The molecule has 4 rings (SSSR count). The summed E-state index contributed by atoms with van der Waals surface area (Å²) in [6.07, 6.45) is 7.73. The Labute approximate surface area is 172 Å². The van der Waals surface area contributed by atoms with Crippen LogP contribution in [0, 0.1) is 5.82 Å². The SMILES string of the molecule is Fc1cnc2c(c1)N(CCN1CCC(NCc3ccc(Br)s3)CC1)CC=C2. The Kier molecular flexibility index (Phi) is 6.22. The van der Waals surface area contributed by atoms with E-state index in [1.54, 1.807) is 17.4 Å². The van der Waals surface area contributed by atoms with Crippen molar-refractivity contribution in [1.82, 2.24) is 15.2 Å². The molecule has 1 fully saturated rings. The van der Waals surface area contributed by atoms with Crippen LogP contribution in [-0.2, 0) is 6.54 Å². The average molecular weight is 451 g/mol. The molecule has 0 amide bonds. The number of anilines is 1. The number of halogens is 2. The smallest absolute Gasteiger partial charge is 0.143 e. The number of likely N-dealkylation sites (tertiary alicyclic amines) is 1. The fourth-order valence-corrected chi connectivity index (χ4v) is 5.17. The van der Waals surface area contributed by atoms with Crippen LogP contribution in [0.5, 0.6) is 0 Å². The van der Waals surface area contributed by atoms with E-state index in [-0.39, 0.29) is 5.82 Å². The molecule has 4 heterocycles. The summed E-state index contributed by atoms with van der Waals surface area (Å²) in [6.45, 7) is 5.93. The molecule has 2 aliphatic heterocycles. The van der Waals surface area contributed by atoms with Crippen molar-refractivity contribution in [3.05, 3.63) is 50.6 Å². The Balaban J connectivity index is 1.22. The summed E-state index contributed by atoms with van der Waals surface area (Å²) >= 11 is 5.32. The van der Waals surface area contributed by atoms with Gasteiger partial charge in [-0.2, -0.15) is 0 Å². The van der Waals surface area contributed by atoms with Crippen LogP contribution in [-0.4, -0.2) is 48.6 Å². The molecule has 0 saturated carbocycles. The standard InChI is InChI=1S/C20H24BrFN4S/c21-20-4-3-17(27-20)14-23-16-5-8-25(9-6-16)10-11-26-7-1-2-18-19(26)12-15(22)13-24-18/h1-4,12-13,16,23H,5-11,14H2. The van der Waals surface area contributed by atoms with Crippen molar-refractivity contribution >= 4 is 39.0 Å². The first-order valence-electron chi connectivity index (χ1n) is 9.44. The van der Waals surface area contributed by atoms with Gasteiger partial charge in [0.05, 0.1) is 21.4 Å². The molecule has 0 aromatic carbocycles. The molecule has 2 aromatic heterocycles. The van der Waals surface area contributed by atoms with Gasteiger partial charge in [-0.15, -0.1) is 11.3 Å². The molecule has 0 atom stereocenters. The zero-order valence-electron chi connectivity index (χ0n) is 15.2. The number of piperidine rings is 1. The van der Waals surface area contributed by atoms with E-state index in [4.69, 9.17) is 0 Å². The number of fused-ring (bicyclic) bond motifs is 1. The normalized spacial score (nSPS) is 18.1. The zero-order valence-corrected chi connectivity index (χ0v) is 17.6. The second-order valence-corrected chi connectivity index (χ2v) is 9.66. The van der Waals surface area contributed by atoms with E-state index in [1.807, 2.05) is 6.08 Å². The minimum Gasteiger partial charge on any atom is -0.365 e. The van der Waals surface area contributed by atoms with Crippen molar-refractivity contribution < 1.29 is 4.39 Å². The highest BCUT2D eigenvalue weighted by molar-refractivity contribution is 9.11. The molecule has 7 heteroatoms. The van der Waals surface area contributed by atoms with Crippen LogP contribution in [0.4, 0.5) is 10.1 Å². The summed E-state index contributed by atoms with van der Waals surface area (Å²) < 4.78 is 14.8. The molecule has 2 aliphatic rings. The first-order valence-corrected chi connectivity index (χ1v) is 11.1. The number of pyridine rings is 1. The largest absolute Gasteiger partial charge is 0.365 e. The van der Waals surface area contributed by atoms with Crippen LogP contribution < -0.4 is 10.2 Å². The number of hydrogen-bond acceptors (Lipinski definition) is 5. The van der Waals surface area contributed by atoms with E-state index < -0.39 is 0 Å². The predicted octanol–water partition coefficient (Wildman–Crippen LogP) is 4.13. The molecule has 0 bridgehead atoms. The fraction of sp³-hybridized carbons (Fsp3) is 0.450. The molecule has 0 spiro atoms. The monoisotopic (exact) mass is 450 g/mol. The third-order valence-electron chi connectivity index (χ3n) is 5.27. The molecule has 0 aliphatic carbocycles.